The molecule has 3 aliphatic carbocycles. The monoisotopic (exact) mass is 518 g/mol. The van der Waals surface area contributed by atoms with Crippen LogP contribution in [0.5, 0.6) is 0 Å². The van der Waals surface area contributed by atoms with Gasteiger partial charge in [-0.3, -0.25) is 9.78 Å². The van der Waals surface area contributed by atoms with E-state index in [-0.39, 0.29) is 23.3 Å². The van der Waals surface area contributed by atoms with Crippen LogP contribution in [0.15, 0.2) is 36.7 Å². The molecule has 1 atom stereocenters. The number of nitrogens with one attached hydrogen (secondary N) is 2. The molecule has 3 aromatic heterocycles. The standard InChI is InChI=1S/C28H31FN6O3/c1-17(36)9-27-14-28(15-27,16-27)34-21-8-22(23-6-5-19-7-18(10-30)11-33-35(19)23)31-12-20(21)25(37)32-13-24(29)26(2,3)38-4/h5-8,11-12,24H,9,13-16H2,1-4H3,(H,31,34)(H,32,37)/t24-,27?,28?/m1/s1. The van der Waals surface area contributed by atoms with Gasteiger partial charge in [0.05, 0.1) is 52.1 Å². The molecule has 3 saturated carbocycles. The summed E-state index contributed by atoms with van der Waals surface area (Å²) in [6.07, 6.45) is 4.73. The molecular weight excluding hydrogens is 487 g/mol. The lowest BCUT2D eigenvalue weighted by Gasteiger charge is -2.71. The van der Waals surface area contributed by atoms with Crippen LogP contribution in [0.3, 0.4) is 0 Å². The van der Waals surface area contributed by atoms with Gasteiger partial charge in [-0.25, -0.2) is 8.91 Å². The van der Waals surface area contributed by atoms with Crippen molar-refractivity contribution in [3.05, 3.63) is 47.8 Å². The van der Waals surface area contributed by atoms with Crippen molar-refractivity contribution in [1.29, 1.82) is 5.26 Å². The first-order valence-corrected chi connectivity index (χ1v) is 12.6. The van der Waals surface area contributed by atoms with Crippen LogP contribution in [-0.2, 0) is 9.53 Å². The predicted molar refractivity (Wildman–Crippen MR) is 139 cm³/mol. The number of hydrogen-bond acceptors (Lipinski definition) is 7. The summed E-state index contributed by atoms with van der Waals surface area (Å²) in [5.41, 5.74) is 2.24. The van der Waals surface area contributed by atoms with Crippen molar-refractivity contribution in [2.45, 2.75) is 63.8 Å². The van der Waals surface area contributed by atoms with Gasteiger partial charge in [-0.05, 0) is 69.7 Å². The van der Waals surface area contributed by atoms with E-state index in [1.165, 1.54) is 19.5 Å². The largest absolute Gasteiger partial charge is 0.379 e. The Balaban J connectivity index is 1.43. The third-order valence-electron chi connectivity index (χ3n) is 7.93. The van der Waals surface area contributed by atoms with Crippen LogP contribution < -0.4 is 10.6 Å². The maximum absolute atomic E-state index is 14.7. The fourth-order valence-electron chi connectivity index (χ4n) is 5.92. The highest BCUT2D eigenvalue weighted by Gasteiger charge is 2.67. The molecule has 0 aromatic carbocycles. The molecule has 9 nitrogen and oxygen atoms in total. The minimum absolute atomic E-state index is 0.0599. The van der Waals surface area contributed by atoms with Crippen LogP contribution in [-0.4, -0.2) is 57.3 Å². The number of methoxy groups -OCH3 is 1. The van der Waals surface area contributed by atoms with Gasteiger partial charge >= 0.3 is 0 Å². The Hall–Kier alpha value is -3.84. The first-order chi connectivity index (χ1) is 18.0. The van der Waals surface area contributed by atoms with E-state index in [0.717, 1.165) is 24.8 Å². The van der Waals surface area contributed by atoms with Crippen LogP contribution in [0.2, 0.25) is 0 Å². The summed E-state index contributed by atoms with van der Waals surface area (Å²) in [7, 11) is 1.43. The molecule has 2 N–H and O–H groups in total. The van der Waals surface area contributed by atoms with Crippen LogP contribution in [0, 0.1) is 16.7 Å². The average Bonchev–Trinajstić information content (AvgIpc) is 3.27. The molecule has 6 rings (SSSR count). The maximum atomic E-state index is 14.7. The molecular formula is C28H31FN6O3. The molecule has 0 spiro atoms. The summed E-state index contributed by atoms with van der Waals surface area (Å²) in [5, 5.41) is 19.8. The number of rotatable bonds is 10. The van der Waals surface area contributed by atoms with Gasteiger partial charge in [-0.1, -0.05) is 0 Å². The Morgan fingerprint density at radius 1 is 1.26 bits per heavy atom. The Kier molecular flexibility index (Phi) is 6.22. The number of nitrogens with zero attached hydrogens (tertiary/aromatic N) is 4. The summed E-state index contributed by atoms with van der Waals surface area (Å²) < 4.78 is 21.6. The summed E-state index contributed by atoms with van der Waals surface area (Å²) in [6.45, 7) is 4.67. The molecule has 10 heteroatoms. The molecule has 2 bridgehead atoms. The molecule has 1 amide bonds. The molecule has 3 aliphatic rings. The number of alkyl halides is 1. The lowest BCUT2D eigenvalue weighted by Crippen LogP contribution is -2.71. The van der Waals surface area contributed by atoms with Gasteiger partial charge in [0, 0.05) is 25.3 Å². The second kappa shape index (κ2) is 9.17. The molecule has 0 radical (unpaired) electrons. The highest BCUT2D eigenvalue weighted by atomic mass is 19.1. The smallest absolute Gasteiger partial charge is 0.255 e. The number of hydrogen-bond donors (Lipinski definition) is 2. The third kappa shape index (κ3) is 4.52. The van der Waals surface area contributed by atoms with Crippen LogP contribution in [0.4, 0.5) is 10.1 Å². The van der Waals surface area contributed by atoms with E-state index in [2.05, 4.69) is 26.8 Å². The second-order valence-corrected chi connectivity index (χ2v) is 11.3. The normalized spacial score (nSPS) is 22.6. The van der Waals surface area contributed by atoms with E-state index in [0.29, 0.717) is 34.6 Å². The Morgan fingerprint density at radius 2 is 2.00 bits per heavy atom. The van der Waals surface area contributed by atoms with Crippen molar-refractivity contribution in [3.8, 4) is 17.5 Å². The number of halogens is 1. The minimum Gasteiger partial charge on any atom is -0.379 e. The van der Waals surface area contributed by atoms with Crippen LogP contribution in [0.1, 0.15) is 62.4 Å². The number of pyridine rings is 1. The number of fused-ring (bicyclic) bond motifs is 1. The van der Waals surface area contributed by atoms with Gasteiger partial charge in [0.2, 0.25) is 0 Å². The van der Waals surface area contributed by atoms with Gasteiger partial charge in [-0.2, -0.15) is 10.4 Å². The summed E-state index contributed by atoms with van der Waals surface area (Å²) in [5.74, 6) is -0.251. The van der Waals surface area contributed by atoms with Gasteiger partial charge < -0.3 is 20.2 Å². The average molecular weight is 519 g/mol. The van der Waals surface area contributed by atoms with Crippen LogP contribution >= 0.6 is 0 Å². The van der Waals surface area contributed by atoms with Gasteiger partial charge in [0.25, 0.3) is 5.91 Å². The number of Topliss-reactive ketones (excluding diaryl/α,β-unsaturated/α-hetero) is 1. The zero-order valence-corrected chi connectivity index (χ0v) is 22.0. The zero-order valence-electron chi connectivity index (χ0n) is 22.0. The van der Waals surface area contributed by atoms with E-state index in [4.69, 9.17) is 4.74 Å². The van der Waals surface area contributed by atoms with Crippen molar-refractivity contribution in [3.63, 3.8) is 0 Å². The summed E-state index contributed by atoms with van der Waals surface area (Å²) in [4.78, 5) is 29.4. The fraction of sp³-hybridized carbons (Fsp3) is 0.464. The Labute approximate surface area is 220 Å². The number of anilines is 1. The number of ether oxygens (including phenoxy) is 1. The number of carbonyl (C=O) groups is 2. The van der Waals surface area contributed by atoms with Crippen molar-refractivity contribution >= 4 is 22.9 Å². The lowest BCUT2D eigenvalue weighted by atomic mass is 9.38. The molecule has 3 heterocycles. The van der Waals surface area contributed by atoms with Crippen LogP contribution in [0.25, 0.3) is 16.9 Å². The quantitative estimate of drug-likeness (QED) is 0.415. The SMILES string of the molecule is COC(C)(C)[C@H](F)CNC(=O)c1cnc(-c2ccc3cc(C#N)cnn23)cc1NC12CC(CC(C)=O)(C1)C2. The molecule has 38 heavy (non-hydrogen) atoms. The number of amides is 1. The molecule has 3 fully saturated rings. The molecule has 198 valence electrons. The predicted octanol–water partition coefficient (Wildman–Crippen LogP) is 4.07. The lowest BCUT2D eigenvalue weighted by molar-refractivity contribution is -0.144. The molecule has 0 unspecified atom stereocenters. The fourth-order valence-corrected chi connectivity index (χ4v) is 5.92. The summed E-state index contributed by atoms with van der Waals surface area (Å²) in [6, 6.07) is 9.34. The highest BCUT2D eigenvalue weighted by Crippen LogP contribution is 2.70. The van der Waals surface area contributed by atoms with E-state index in [1.807, 2.05) is 12.1 Å². The number of ketones is 1. The van der Waals surface area contributed by atoms with Crippen molar-refractivity contribution in [2.75, 3.05) is 19.0 Å². The van der Waals surface area contributed by atoms with Crippen molar-refractivity contribution < 1.29 is 18.7 Å². The highest BCUT2D eigenvalue weighted by molar-refractivity contribution is 6.00. The second-order valence-electron chi connectivity index (χ2n) is 11.3. The van der Waals surface area contributed by atoms with Gasteiger partial charge in [0.1, 0.15) is 18.0 Å². The van der Waals surface area contributed by atoms with E-state index < -0.39 is 17.7 Å². The van der Waals surface area contributed by atoms with Gasteiger partial charge in [0.15, 0.2) is 0 Å². The molecule has 3 aromatic rings. The van der Waals surface area contributed by atoms with E-state index >= 15 is 0 Å². The topological polar surface area (TPSA) is 121 Å². The van der Waals surface area contributed by atoms with E-state index in [1.54, 1.807) is 37.4 Å². The van der Waals surface area contributed by atoms with E-state index in [9.17, 15) is 19.2 Å². The number of carbonyl (C=O) groups excluding carboxylic acids is 2. The minimum atomic E-state index is -1.40. The number of aromatic nitrogens is 3. The van der Waals surface area contributed by atoms with Gasteiger partial charge in [-0.15, -0.1) is 0 Å². The zero-order chi connectivity index (χ0) is 27.3. The molecule has 0 aliphatic heterocycles. The molecule has 0 saturated heterocycles. The first-order valence-electron chi connectivity index (χ1n) is 12.6. The van der Waals surface area contributed by atoms with Crippen molar-refractivity contribution in [2.24, 2.45) is 5.41 Å². The van der Waals surface area contributed by atoms with Crippen molar-refractivity contribution in [1.82, 2.24) is 19.9 Å². The number of nitriles is 1. The maximum Gasteiger partial charge on any atom is 0.255 e. The Morgan fingerprint density at radius 3 is 2.66 bits per heavy atom. The summed E-state index contributed by atoms with van der Waals surface area (Å²) >= 11 is 0. The first kappa shape index (κ1) is 25.8. The third-order valence-corrected chi connectivity index (χ3v) is 7.93. The Bertz CT molecular complexity index is 1450.